The van der Waals surface area contributed by atoms with E-state index in [4.69, 9.17) is 0 Å². The Labute approximate surface area is 145 Å². The number of carbonyl (C=O) groups excluding carboxylic acids is 2. The summed E-state index contributed by atoms with van der Waals surface area (Å²) in [6, 6.07) is 7.84. The average Bonchev–Trinajstić information content (AvgIpc) is 3.22. The van der Waals surface area contributed by atoms with Gasteiger partial charge >= 0.3 is 0 Å². The second-order valence-electron chi connectivity index (χ2n) is 6.67. The van der Waals surface area contributed by atoms with Gasteiger partial charge in [0.05, 0.1) is 4.87 Å². The first-order chi connectivity index (χ1) is 11.6. The Bertz CT molecular complexity index is 802. The third-order valence-electron chi connectivity index (χ3n) is 5.12. The molecular formula is C18H21N3O2S. The molecule has 1 aromatic heterocycles. The predicted octanol–water partition coefficient (Wildman–Crippen LogP) is 2.28. The van der Waals surface area contributed by atoms with Gasteiger partial charge in [-0.05, 0) is 31.4 Å². The molecule has 2 amide bonds. The summed E-state index contributed by atoms with van der Waals surface area (Å²) in [4.78, 5) is 29.5. The maximum Gasteiger partial charge on any atom is 0.243 e. The van der Waals surface area contributed by atoms with E-state index in [1.807, 2.05) is 24.4 Å². The number of thioether (sulfide) groups is 1. The minimum absolute atomic E-state index is 0.0266. The number of nitrogens with zero attached hydrogens (tertiary/aromatic N) is 1. The van der Waals surface area contributed by atoms with Crippen LogP contribution < -0.4 is 5.32 Å². The first-order valence-corrected chi connectivity index (χ1v) is 9.36. The zero-order chi connectivity index (χ0) is 16.7. The van der Waals surface area contributed by atoms with E-state index in [2.05, 4.69) is 23.3 Å². The predicted molar refractivity (Wildman–Crippen MR) is 95.7 cm³/mol. The summed E-state index contributed by atoms with van der Waals surface area (Å²) in [5.74, 6) is 0.779. The molecule has 0 saturated carbocycles. The van der Waals surface area contributed by atoms with Gasteiger partial charge in [-0.25, -0.2) is 0 Å². The summed E-state index contributed by atoms with van der Waals surface area (Å²) >= 11 is 1.73. The van der Waals surface area contributed by atoms with Crippen molar-refractivity contribution in [2.24, 2.45) is 0 Å². The van der Waals surface area contributed by atoms with Gasteiger partial charge < -0.3 is 15.2 Å². The van der Waals surface area contributed by atoms with E-state index in [1.54, 1.807) is 16.7 Å². The van der Waals surface area contributed by atoms with E-state index in [-0.39, 0.29) is 22.7 Å². The summed E-state index contributed by atoms with van der Waals surface area (Å²) < 4.78 is 0. The van der Waals surface area contributed by atoms with Gasteiger partial charge in [0.1, 0.15) is 6.04 Å². The van der Waals surface area contributed by atoms with E-state index in [0.29, 0.717) is 18.7 Å². The number of para-hydroxylation sites is 1. The van der Waals surface area contributed by atoms with Crippen LogP contribution in [0.25, 0.3) is 10.9 Å². The van der Waals surface area contributed by atoms with Crippen molar-refractivity contribution in [1.29, 1.82) is 0 Å². The van der Waals surface area contributed by atoms with Gasteiger partial charge in [-0.3, -0.25) is 9.59 Å². The van der Waals surface area contributed by atoms with E-state index in [9.17, 15) is 9.59 Å². The third kappa shape index (κ3) is 2.49. The number of hydrogen-bond acceptors (Lipinski definition) is 3. The second kappa shape index (κ2) is 5.84. The van der Waals surface area contributed by atoms with Crippen LogP contribution in [0.4, 0.5) is 0 Å². The van der Waals surface area contributed by atoms with Crippen molar-refractivity contribution < 1.29 is 9.59 Å². The molecule has 126 valence electrons. The molecule has 2 aromatic rings. The first-order valence-electron chi connectivity index (χ1n) is 8.37. The maximum atomic E-state index is 12.5. The SMILES string of the molecule is C[C@@]12CCC(=O)N1[C@H](C(=O)NCCc1c[nH]c3ccccc13)CS2. The summed E-state index contributed by atoms with van der Waals surface area (Å²) in [6.45, 7) is 2.66. The van der Waals surface area contributed by atoms with Crippen LogP contribution in [0.1, 0.15) is 25.3 Å². The highest BCUT2D eigenvalue weighted by molar-refractivity contribution is 8.01. The van der Waals surface area contributed by atoms with E-state index in [1.165, 1.54) is 10.9 Å². The van der Waals surface area contributed by atoms with Crippen LogP contribution >= 0.6 is 11.8 Å². The monoisotopic (exact) mass is 343 g/mol. The molecule has 2 N–H and O–H groups in total. The van der Waals surface area contributed by atoms with Crippen molar-refractivity contribution in [3.63, 3.8) is 0 Å². The number of amides is 2. The lowest BCUT2D eigenvalue weighted by atomic mass is 10.1. The number of nitrogens with one attached hydrogen (secondary N) is 2. The van der Waals surface area contributed by atoms with Crippen LogP contribution in [0.2, 0.25) is 0 Å². The molecule has 0 aliphatic carbocycles. The van der Waals surface area contributed by atoms with E-state index >= 15 is 0 Å². The highest BCUT2D eigenvalue weighted by Crippen LogP contribution is 2.47. The number of aromatic amines is 1. The number of H-pyrrole nitrogens is 1. The lowest BCUT2D eigenvalue weighted by Crippen LogP contribution is -2.50. The molecule has 0 radical (unpaired) electrons. The Morgan fingerprint density at radius 3 is 3.17 bits per heavy atom. The van der Waals surface area contributed by atoms with E-state index < -0.39 is 0 Å². The number of rotatable bonds is 4. The van der Waals surface area contributed by atoms with Gasteiger partial charge in [-0.1, -0.05) is 18.2 Å². The van der Waals surface area contributed by atoms with Gasteiger partial charge in [0.2, 0.25) is 11.8 Å². The van der Waals surface area contributed by atoms with E-state index in [0.717, 1.165) is 18.4 Å². The molecule has 5 nitrogen and oxygen atoms in total. The molecule has 2 aliphatic heterocycles. The van der Waals surface area contributed by atoms with Gasteiger partial charge in [-0.15, -0.1) is 11.8 Å². The Kier molecular flexibility index (Phi) is 3.79. The minimum Gasteiger partial charge on any atom is -0.361 e. The van der Waals surface area contributed by atoms with Crippen molar-refractivity contribution in [2.45, 2.75) is 37.1 Å². The maximum absolute atomic E-state index is 12.5. The molecular weight excluding hydrogens is 322 g/mol. The zero-order valence-corrected chi connectivity index (χ0v) is 14.5. The number of carbonyl (C=O) groups is 2. The Balaban J connectivity index is 1.38. The second-order valence-corrected chi connectivity index (χ2v) is 8.17. The fourth-order valence-electron chi connectivity index (χ4n) is 3.79. The Hall–Kier alpha value is -1.95. The normalized spacial score (nSPS) is 26.1. The van der Waals surface area contributed by atoms with Gasteiger partial charge in [-0.2, -0.15) is 0 Å². The van der Waals surface area contributed by atoms with Crippen LogP contribution in [0.15, 0.2) is 30.5 Å². The fraction of sp³-hybridized carbons (Fsp3) is 0.444. The number of benzene rings is 1. The minimum atomic E-state index is -0.321. The zero-order valence-electron chi connectivity index (χ0n) is 13.7. The average molecular weight is 343 g/mol. The molecule has 4 rings (SSSR count). The highest BCUT2D eigenvalue weighted by Gasteiger charge is 2.52. The third-order valence-corrected chi connectivity index (χ3v) is 6.62. The molecule has 2 aliphatic rings. The fourth-order valence-corrected chi connectivity index (χ4v) is 5.22. The van der Waals surface area contributed by atoms with Crippen molar-refractivity contribution >= 4 is 34.5 Å². The van der Waals surface area contributed by atoms with Crippen LogP contribution in [0.3, 0.4) is 0 Å². The smallest absolute Gasteiger partial charge is 0.243 e. The number of hydrogen-bond donors (Lipinski definition) is 2. The van der Waals surface area contributed by atoms with Crippen molar-refractivity contribution in [3.8, 4) is 0 Å². The Morgan fingerprint density at radius 2 is 2.29 bits per heavy atom. The standard InChI is InChI=1S/C18H21N3O2S/c1-18-8-6-16(22)21(18)15(11-24-18)17(23)19-9-7-12-10-20-14-5-3-2-4-13(12)14/h2-5,10,15,20H,6-9,11H2,1H3,(H,19,23)/t15-,18+/m0/s1. The van der Waals surface area contributed by atoms with Crippen molar-refractivity contribution in [1.82, 2.24) is 15.2 Å². The van der Waals surface area contributed by atoms with Crippen molar-refractivity contribution in [2.75, 3.05) is 12.3 Å². The molecule has 1 aromatic carbocycles. The molecule has 24 heavy (non-hydrogen) atoms. The van der Waals surface area contributed by atoms with Crippen LogP contribution in [-0.4, -0.2) is 44.9 Å². The molecule has 3 heterocycles. The van der Waals surface area contributed by atoms with Crippen molar-refractivity contribution in [3.05, 3.63) is 36.0 Å². The topological polar surface area (TPSA) is 65.2 Å². The summed E-state index contributed by atoms with van der Waals surface area (Å²) in [5, 5.41) is 4.22. The first kappa shape index (κ1) is 15.6. The number of aromatic nitrogens is 1. The molecule has 2 fully saturated rings. The van der Waals surface area contributed by atoms with Gasteiger partial charge in [0.15, 0.2) is 0 Å². The summed E-state index contributed by atoms with van der Waals surface area (Å²) in [5.41, 5.74) is 2.32. The van der Waals surface area contributed by atoms with Crippen LogP contribution in [0.5, 0.6) is 0 Å². The van der Waals surface area contributed by atoms with Gasteiger partial charge in [0.25, 0.3) is 0 Å². The summed E-state index contributed by atoms with van der Waals surface area (Å²) in [7, 11) is 0. The Morgan fingerprint density at radius 1 is 1.46 bits per heavy atom. The van der Waals surface area contributed by atoms with Gasteiger partial charge in [0, 0.05) is 35.8 Å². The number of fused-ring (bicyclic) bond motifs is 2. The molecule has 2 atom stereocenters. The quantitative estimate of drug-likeness (QED) is 0.895. The molecule has 2 saturated heterocycles. The summed E-state index contributed by atoms with van der Waals surface area (Å²) in [6.07, 6.45) is 4.18. The molecule has 6 heteroatoms. The largest absolute Gasteiger partial charge is 0.361 e. The molecule has 0 unspecified atom stereocenters. The highest BCUT2D eigenvalue weighted by atomic mass is 32.2. The van der Waals surface area contributed by atoms with Crippen LogP contribution in [0, 0.1) is 0 Å². The lowest BCUT2D eigenvalue weighted by Gasteiger charge is -2.29. The van der Waals surface area contributed by atoms with Crippen LogP contribution in [-0.2, 0) is 16.0 Å². The molecule has 0 bridgehead atoms. The lowest BCUT2D eigenvalue weighted by molar-refractivity contribution is -0.137. The molecule has 0 spiro atoms.